The molecule has 24 heavy (non-hydrogen) atoms. The zero-order chi connectivity index (χ0) is 18.2. The summed E-state index contributed by atoms with van der Waals surface area (Å²) < 4.78 is 42.5. The molecule has 0 radical (unpaired) electrons. The number of ether oxygens (including phenoxy) is 1. The van der Waals surface area contributed by atoms with Crippen LogP contribution in [0.4, 0.5) is 13.2 Å². The van der Waals surface area contributed by atoms with Gasteiger partial charge in [0, 0.05) is 19.7 Å². The van der Waals surface area contributed by atoms with E-state index in [0.717, 1.165) is 43.7 Å². The Balaban J connectivity index is 0.000000413. The largest absolute Gasteiger partial charge is 0.473 e. The van der Waals surface area contributed by atoms with Crippen LogP contribution in [0.5, 0.6) is 0 Å². The lowest BCUT2D eigenvalue weighted by Gasteiger charge is -2.11. The molecule has 0 saturated carbocycles. The molecule has 1 saturated heterocycles. The maximum absolute atomic E-state index is 12.3. The molecule has 1 aliphatic heterocycles. The molecule has 0 aliphatic carbocycles. The first kappa shape index (κ1) is 19.9. The van der Waals surface area contributed by atoms with E-state index in [4.69, 9.17) is 24.5 Å². The van der Waals surface area contributed by atoms with Gasteiger partial charge < -0.3 is 20.3 Å². The van der Waals surface area contributed by atoms with Gasteiger partial charge in [0.1, 0.15) is 0 Å². The van der Waals surface area contributed by atoms with Crippen molar-refractivity contribution >= 4 is 11.9 Å². The van der Waals surface area contributed by atoms with Gasteiger partial charge in [-0.25, -0.2) is 9.59 Å². The number of nitrogens with one attached hydrogen (secondary N) is 1. The minimum atomic E-state index is -4.26. The van der Waals surface area contributed by atoms with Gasteiger partial charge >= 0.3 is 18.1 Å². The zero-order valence-electron chi connectivity index (χ0n) is 12.7. The van der Waals surface area contributed by atoms with Gasteiger partial charge in [-0.05, 0) is 30.5 Å². The van der Waals surface area contributed by atoms with E-state index in [1.54, 1.807) is 0 Å². The van der Waals surface area contributed by atoms with Gasteiger partial charge in [-0.1, -0.05) is 12.1 Å². The van der Waals surface area contributed by atoms with Crippen LogP contribution in [0.1, 0.15) is 24.0 Å². The Kier molecular flexibility index (Phi) is 7.66. The van der Waals surface area contributed by atoms with Crippen LogP contribution in [0, 0.1) is 0 Å². The molecule has 0 bridgehead atoms. The number of carboxylic acids is 2. The molecular weight excluding hydrogens is 331 g/mol. The zero-order valence-corrected chi connectivity index (χ0v) is 12.7. The Bertz CT molecular complexity index is 527. The minimum absolute atomic E-state index is 0.249. The molecule has 1 unspecified atom stereocenters. The number of halogens is 3. The first-order valence-corrected chi connectivity index (χ1v) is 7.15. The maximum atomic E-state index is 12.3. The molecule has 0 amide bonds. The molecule has 1 fully saturated rings. The van der Waals surface area contributed by atoms with Crippen LogP contribution in [0.15, 0.2) is 24.3 Å². The lowest BCUT2D eigenvalue weighted by molar-refractivity contribution is -0.159. The predicted octanol–water partition coefficient (Wildman–Crippen LogP) is 2.13. The summed E-state index contributed by atoms with van der Waals surface area (Å²) in [7, 11) is 0. The fourth-order valence-corrected chi connectivity index (χ4v) is 1.99. The number of rotatable bonds is 4. The molecule has 2 rings (SSSR count). The van der Waals surface area contributed by atoms with Crippen molar-refractivity contribution in [2.75, 3.05) is 13.2 Å². The highest BCUT2D eigenvalue weighted by molar-refractivity contribution is 6.27. The van der Waals surface area contributed by atoms with E-state index in [1.807, 2.05) is 0 Å². The maximum Gasteiger partial charge on any atom is 0.416 e. The first-order chi connectivity index (χ1) is 11.2. The number of benzene rings is 1. The fraction of sp³-hybridized carbons (Fsp3) is 0.467. The van der Waals surface area contributed by atoms with Gasteiger partial charge in [0.05, 0.1) is 11.7 Å². The summed E-state index contributed by atoms with van der Waals surface area (Å²) in [4.78, 5) is 18.2. The number of hydrogen-bond donors (Lipinski definition) is 3. The predicted molar refractivity (Wildman–Crippen MR) is 77.4 cm³/mol. The second-order valence-corrected chi connectivity index (χ2v) is 5.07. The third-order valence-corrected chi connectivity index (χ3v) is 3.19. The molecule has 1 heterocycles. The van der Waals surface area contributed by atoms with E-state index in [1.165, 1.54) is 12.1 Å². The molecule has 1 aromatic carbocycles. The van der Waals surface area contributed by atoms with Crippen molar-refractivity contribution in [2.45, 2.75) is 31.7 Å². The van der Waals surface area contributed by atoms with E-state index in [2.05, 4.69) is 5.32 Å². The molecule has 9 heteroatoms. The second kappa shape index (κ2) is 9.24. The second-order valence-electron chi connectivity index (χ2n) is 5.07. The van der Waals surface area contributed by atoms with Crippen molar-refractivity contribution in [3.63, 3.8) is 0 Å². The van der Waals surface area contributed by atoms with E-state index in [0.29, 0.717) is 6.54 Å². The van der Waals surface area contributed by atoms with Gasteiger partial charge in [-0.15, -0.1) is 0 Å². The van der Waals surface area contributed by atoms with Crippen LogP contribution in [-0.2, 0) is 27.0 Å². The van der Waals surface area contributed by atoms with Crippen LogP contribution < -0.4 is 5.32 Å². The number of carbonyl (C=O) groups is 2. The smallest absolute Gasteiger partial charge is 0.416 e. The first-order valence-electron chi connectivity index (χ1n) is 7.15. The molecule has 0 spiro atoms. The summed E-state index contributed by atoms with van der Waals surface area (Å²) in [6.45, 7) is 2.13. The van der Waals surface area contributed by atoms with Crippen LogP contribution in [0.3, 0.4) is 0 Å². The summed E-state index contributed by atoms with van der Waals surface area (Å²) in [6.07, 6.45) is -1.87. The normalized spacial score (nSPS) is 17.0. The molecule has 1 aliphatic rings. The summed E-state index contributed by atoms with van der Waals surface area (Å²) in [5.74, 6) is -3.65. The molecular formula is C15H18F3NO5. The monoisotopic (exact) mass is 349 g/mol. The fourth-order valence-electron chi connectivity index (χ4n) is 1.99. The van der Waals surface area contributed by atoms with E-state index in [9.17, 15) is 13.2 Å². The Morgan fingerprint density at radius 2 is 1.75 bits per heavy atom. The average Bonchev–Trinajstić information content (AvgIpc) is 3.01. The van der Waals surface area contributed by atoms with Crippen molar-refractivity contribution in [1.29, 1.82) is 0 Å². The van der Waals surface area contributed by atoms with Gasteiger partial charge in [0.25, 0.3) is 0 Å². The van der Waals surface area contributed by atoms with Crippen LogP contribution in [0.25, 0.3) is 0 Å². The summed E-state index contributed by atoms with van der Waals surface area (Å²) in [5, 5.41) is 18.0. The highest BCUT2D eigenvalue weighted by atomic mass is 19.4. The van der Waals surface area contributed by atoms with Crippen LogP contribution in [-0.4, -0.2) is 41.4 Å². The topological polar surface area (TPSA) is 95.9 Å². The molecule has 6 nitrogen and oxygen atoms in total. The van der Waals surface area contributed by atoms with Crippen molar-refractivity contribution in [2.24, 2.45) is 0 Å². The molecule has 3 N–H and O–H groups in total. The minimum Gasteiger partial charge on any atom is -0.473 e. The lowest BCUT2D eigenvalue weighted by Crippen LogP contribution is -2.25. The van der Waals surface area contributed by atoms with Gasteiger partial charge in [-0.2, -0.15) is 13.2 Å². The van der Waals surface area contributed by atoms with Gasteiger partial charge in [0.2, 0.25) is 0 Å². The Hall–Kier alpha value is -2.13. The van der Waals surface area contributed by atoms with Gasteiger partial charge in [-0.3, -0.25) is 0 Å². The Labute approximate surface area is 136 Å². The van der Waals surface area contributed by atoms with Crippen molar-refractivity contribution in [3.05, 3.63) is 35.4 Å². The standard InChI is InChI=1S/C13H16F3NO.C2H2O4/c14-13(15,16)11-5-3-10(4-6-11)8-17-9-12-2-1-7-18-12;3-1(4)2(5)6/h3-6,12,17H,1-2,7-9H2;(H,3,4)(H,5,6). The molecule has 0 aromatic heterocycles. The Morgan fingerprint density at radius 1 is 1.17 bits per heavy atom. The number of aliphatic carboxylic acids is 2. The number of hydrogen-bond acceptors (Lipinski definition) is 4. The summed E-state index contributed by atoms with van der Waals surface area (Å²) in [5.41, 5.74) is 0.242. The van der Waals surface area contributed by atoms with E-state index < -0.39 is 23.7 Å². The van der Waals surface area contributed by atoms with E-state index in [-0.39, 0.29) is 6.10 Å². The summed E-state index contributed by atoms with van der Waals surface area (Å²) >= 11 is 0. The highest BCUT2D eigenvalue weighted by Crippen LogP contribution is 2.29. The van der Waals surface area contributed by atoms with Crippen LogP contribution >= 0.6 is 0 Å². The third-order valence-electron chi connectivity index (χ3n) is 3.19. The lowest BCUT2D eigenvalue weighted by atomic mass is 10.1. The SMILES string of the molecule is FC(F)(F)c1ccc(CNCC2CCCO2)cc1.O=C(O)C(=O)O. The Morgan fingerprint density at radius 3 is 2.17 bits per heavy atom. The van der Waals surface area contributed by atoms with Crippen LogP contribution in [0.2, 0.25) is 0 Å². The van der Waals surface area contributed by atoms with Crippen molar-refractivity contribution in [3.8, 4) is 0 Å². The average molecular weight is 349 g/mol. The molecule has 134 valence electrons. The third kappa shape index (κ3) is 7.42. The quantitative estimate of drug-likeness (QED) is 0.721. The summed E-state index contributed by atoms with van der Waals surface area (Å²) in [6, 6.07) is 5.24. The van der Waals surface area contributed by atoms with Crippen molar-refractivity contribution < 1.29 is 37.7 Å². The van der Waals surface area contributed by atoms with E-state index >= 15 is 0 Å². The van der Waals surface area contributed by atoms with Gasteiger partial charge in [0.15, 0.2) is 0 Å². The number of alkyl halides is 3. The van der Waals surface area contributed by atoms with Crippen molar-refractivity contribution in [1.82, 2.24) is 5.32 Å². The highest BCUT2D eigenvalue weighted by Gasteiger charge is 2.29. The molecule has 1 aromatic rings. The number of carboxylic acid groups (broad SMARTS) is 2. The molecule has 1 atom stereocenters.